The number of carbonyl (C=O) groups is 2. The number of piperidine rings is 1. The van der Waals surface area contributed by atoms with Crippen LogP contribution >= 0.6 is 0 Å². The average Bonchev–Trinajstić information content (AvgIpc) is 2.36. The minimum absolute atomic E-state index is 0.0764. The Hall–Kier alpha value is -1.30. The molecule has 6 heteroatoms. The van der Waals surface area contributed by atoms with Crippen LogP contribution in [0.1, 0.15) is 45.4 Å². The highest BCUT2D eigenvalue weighted by Crippen LogP contribution is 2.39. The van der Waals surface area contributed by atoms with Crippen LogP contribution in [0.25, 0.3) is 0 Å². The van der Waals surface area contributed by atoms with Crippen molar-refractivity contribution in [1.82, 2.24) is 10.2 Å². The summed E-state index contributed by atoms with van der Waals surface area (Å²) in [6.07, 6.45) is 4.52. The number of hydrogen-bond donors (Lipinski definition) is 3. The maximum atomic E-state index is 12.1. The summed E-state index contributed by atoms with van der Waals surface area (Å²) in [4.78, 5) is 24.4. The Balaban J connectivity index is 1.88. The van der Waals surface area contributed by atoms with Crippen molar-refractivity contribution in [3.05, 3.63) is 0 Å². The molecule has 3 N–H and O–H groups in total. The van der Waals surface area contributed by atoms with Crippen LogP contribution in [0.2, 0.25) is 0 Å². The van der Waals surface area contributed by atoms with E-state index in [0.29, 0.717) is 19.5 Å². The highest BCUT2D eigenvalue weighted by Gasteiger charge is 2.43. The van der Waals surface area contributed by atoms with Gasteiger partial charge in [-0.1, -0.05) is 12.8 Å². The van der Waals surface area contributed by atoms with Crippen LogP contribution in [-0.2, 0) is 4.79 Å². The summed E-state index contributed by atoms with van der Waals surface area (Å²) >= 11 is 0. The topological polar surface area (TPSA) is 89.9 Å². The number of carboxylic acids is 1. The summed E-state index contributed by atoms with van der Waals surface area (Å²) in [6, 6.07) is -0.599. The SMILES string of the molecule is CC(CC(=O)O)NC(=O)N1CCC2(O)CCCCC2C1. The monoisotopic (exact) mass is 284 g/mol. The Labute approximate surface area is 119 Å². The van der Waals surface area contributed by atoms with Crippen molar-refractivity contribution in [3.63, 3.8) is 0 Å². The van der Waals surface area contributed by atoms with Crippen molar-refractivity contribution in [1.29, 1.82) is 0 Å². The molecule has 3 atom stereocenters. The number of aliphatic hydroxyl groups is 1. The van der Waals surface area contributed by atoms with E-state index in [4.69, 9.17) is 5.11 Å². The maximum Gasteiger partial charge on any atom is 0.317 e. The summed E-state index contributed by atoms with van der Waals surface area (Å²) in [7, 11) is 0. The molecule has 6 nitrogen and oxygen atoms in total. The number of rotatable bonds is 3. The second-order valence-corrected chi connectivity index (χ2v) is 6.19. The number of aliphatic carboxylic acids is 1. The van der Waals surface area contributed by atoms with Gasteiger partial charge in [0.1, 0.15) is 0 Å². The van der Waals surface area contributed by atoms with Gasteiger partial charge in [-0.05, 0) is 26.2 Å². The van der Waals surface area contributed by atoms with Gasteiger partial charge < -0.3 is 20.4 Å². The highest BCUT2D eigenvalue weighted by molar-refractivity contribution is 5.76. The summed E-state index contributed by atoms with van der Waals surface area (Å²) < 4.78 is 0. The molecule has 1 saturated heterocycles. The van der Waals surface area contributed by atoms with E-state index in [0.717, 1.165) is 25.7 Å². The first kappa shape index (κ1) is 15.1. The smallest absolute Gasteiger partial charge is 0.317 e. The van der Waals surface area contributed by atoms with Crippen molar-refractivity contribution in [3.8, 4) is 0 Å². The number of nitrogens with zero attached hydrogens (tertiary/aromatic N) is 1. The van der Waals surface area contributed by atoms with Gasteiger partial charge in [0, 0.05) is 25.0 Å². The molecule has 0 aromatic carbocycles. The first-order valence-corrected chi connectivity index (χ1v) is 7.40. The lowest BCUT2D eigenvalue weighted by molar-refractivity contribution is -0.137. The summed E-state index contributed by atoms with van der Waals surface area (Å²) in [5.41, 5.74) is -0.596. The fourth-order valence-corrected chi connectivity index (χ4v) is 3.37. The van der Waals surface area contributed by atoms with Gasteiger partial charge in [-0.2, -0.15) is 0 Å². The first-order valence-electron chi connectivity index (χ1n) is 7.40. The summed E-state index contributed by atoms with van der Waals surface area (Å²) in [5, 5.41) is 22.0. The molecule has 1 aliphatic heterocycles. The third-order valence-corrected chi connectivity index (χ3v) is 4.57. The predicted molar refractivity (Wildman–Crippen MR) is 73.3 cm³/mol. The lowest BCUT2D eigenvalue weighted by Gasteiger charge is -2.47. The molecule has 2 aliphatic rings. The quantitative estimate of drug-likeness (QED) is 0.726. The minimum atomic E-state index is -0.918. The molecule has 3 unspecified atom stereocenters. The van der Waals surface area contributed by atoms with Gasteiger partial charge in [0.15, 0.2) is 0 Å². The molecular weight excluding hydrogens is 260 g/mol. The zero-order valence-corrected chi connectivity index (χ0v) is 12.0. The number of urea groups is 1. The number of carboxylic acid groups (broad SMARTS) is 1. The van der Waals surface area contributed by atoms with E-state index in [1.807, 2.05) is 0 Å². The van der Waals surface area contributed by atoms with E-state index in [1.165, 1.54) is 0 Å². The lowest BCUT2D eigenvalue weighted by atomic mass is 9.71. The molecule has 1 aliphatic carbocycles. The molecule has 0 spiro atoms. The molecule has 1 heterocycles. The average molecular weight is 284 g/mol. The second-order valence-electron chi connectivity index (χ2n) is 6.19. The normalized spacial score (nSPS) is 31.3. The number of carbonyl (C=O) groups excluding carboxylic acids is 1. The van der Waals surface area contributed by atoms with Crippen molar-refractivity contribution in [2.24, 2.45) is 5.92 Å². The largest absolute Gasteiger partial charge is 0.481 e. The fraction of sp³-hybridized carbons (Fsp3) is 0.857. The van der Waals surface area contributed by atoms with Crippen LogP contribution in [0.15, 0.2) is 0 Å². The van der Waals surface area contributed by atoms with Crippen LogP contribution in [0, 0.1) is 5.92 Å². The molecule has 0 bridgehead atoms. The van der Waals surface area contributed by atoms with Crippen LogP contribution in [0.4, 0.5) is 4.79 Å². The maximum absolute atomic E-state index is 12.1. The molecular formula is C14H24N2O4. The fourth-order valence-electron chi connectivity index (χ4n) is 3.37. The Morgan fingerprint density at radius 2 is 2.15 bits per heavy atom. The van der Waals surface area contributed by atoms with E-state index in [9.17, 15) is 14.7 Å². The molecule has 114 valence electrons. The Kier molecular flexibility index (Phi) is 4.52. The number of hydrogen-bond acceptors (Lipinski definition) is 3. The molecule has 0 aromatic rings. The van der Waals surface area contributed by atoms with Gasteiger partial charge in [-0.15, -0.1) is 0 Å². The van der Waals surface area contributed by atoms with Crippen LogP contribution in [0.5, 0.6) is 0 Å². The van der Waals surface area contributed by atoms with E-state index < -0.39 is 11.6 Å². The molecule has 0 radical (unpaired) electrons. The van der Waals surface area contributed by atoms with Gasteiger partial charge in [-0.25, -0.2) is 4.79 Å². The van der Waals surface area contributed by atoms with Crippen molar-refractivity contribution >= 4 is 12.0 Å². The van der Waals surface area contributed by atoms with Gasteiger partial charge in [0.05, 0.1) is 12.0 Å². The number of fused-ring (bicyclic) bond motifs is 1. The molecule has 2 rings (SSSR count). The molecule has 0 aromatic heterocycles. The highest BCUT2D eigenvalue weighted by atomic mass is 16.4. The van der Waals surface area contributed by atoms with Crippen LogP contribution in [-0.4, -0.2) is 51.8 Å². The van der Waals surface area contributed by atoms with Crippen molar-refractivity contribution in [2.45, 2.75) is 57.1 Å². The number of likely N-dealkylation sites (tertiary alicyclic amines) is 1. The number of nitrogens with one attached hydrogen (secondary N) is 1. The standard InChI is InChI=1S/C14H24N2O4/c1-10(8-12(17)18)15-13(19)16-7-6-14(20)5-3-2-4-11(14)9-16/h10-11,20H,2-9H2,1H3,(H,15,19)(H,17,18). The van der Waals surface area contributed by atoms with Gasteiger partial charge >= 0.3 is 12.0 Å². The van der Waals surface area contributed by atoms with E-state index in [-0.39, 0.29) is 24.4 Å². The second kappa shape index (κ2) is 5.99. The first-order chi connectivity index (χ1) is 9.40. The summed E-state index contributed by atoms with van der Waals surface area (Å²) in [6.45, 7) is 2.80. The predicted octanol–water partition coefficient (Wildman–Crippen LogP) is 1.19. The van der Waals surface area contributed by atoms with E-state index in [2.05, 4.69) is 5.32 Å². The van der Waals surface area contributed by atoms with Crippen molar-refractivity contribution in [2.75, 3.05) is 13.1 Å². The Morgan fingerprint density at radius 3 is 2.85 bits per heavy atom. The van der Waals surface area contributed by atoms with E-state index in [1.54, 1.807) is 11.8 Å². The van der Waals surface area contributed by atoms with E-state index >= 15 is 0 Å². The van der Waals surface area contributed by atoms with Crippen molar-refractivity contribution < 1.29 is 19.8 Å². The Morgan fingerprint density at radius 1 is 1.40 bits per heavy atom. The zero-order valence-electron chi connectivity index (χ0n) is 12.0. The minimum Gasteiger partial charge on any atom is -0.481 e. The van der Waals surface area contributed by atoms with Crippen LogP contribution in [0.3, 0.4) is 0 Å². The third kappa shape index (κ3) is 3.42. The van der Waals surface area contributed by atoms with Gasteiger partial charge in [0.25, 0.3) is 0 Å². The van der Waals surface area contributed by atoms with Gasteiger partial charge in [-0.3, -0.25) is 4.79 Å². The van der Waals surface area contributed by atoms with Gasteiger partial charge in [0.2, 0.25) is 0 Å². The molecule has 1 saturated carbocycles. The molecule has 2 amide bonds. The Bertz CT molecular complexity index is 387. The number of amides is 2. The summed E-state index contributed by atoms with van der Waals surface area (Å²) in [5.74, 6) is -0.761. The third-order valence-electron chi connectivity index (χ3n) is 4.57. The van der Waals surface area contributed by atoms with Crippen LogP contribution < -0.4 is 5.32 Å². The molecule has 20 heavy (non-hydrogen) atoms. The lowest BCUT2D eigenvalue weighted by Crippen LogP contribution is -2.57. The molecule has 2 fully saturated rings. The zero-order chi connectivity index (χ0) is 14.8.